The van der Waals surface area contributed by atoms with Gasteiger partial charge in [0, 0.05) is 19.8 Å². The Balaban J connectivity index is 2.92. The lowest BCUT2D eigenvalue weighted by molar-refractivity contribution is 0.698. The average molecular weight is 182 g/mol. The zero-order valence-electron chi connectivity index (χ0n) is 7.02. The van der Waals surface area contributed by atoms with Crippen LogP contribution in [0.15, 0.2) is 28.6 Å². The molecule has 0 bridgehead atoms. The van der Waals surface area contributed by atoms with Gasteiger partial charge in [0.15, 0.2) is 0 Å². The number of rotatable bonds is 2. The Kier molecular flexibility index (Phi) is 2.99. The van der Waals surface area contributed by atoms with Crippen LogP contribution in [0.3, 0.4) is 0 Å². The lowest BCUT2D eigenvalue weighted by atomic mass is 10.3. The van der Waals surface area contributed by atoms with E-state index in [1.807, 2.05) is 43.3 Å². The summed E-state index contributed by atoms with van der Waals surface area (Å²) in [6.07, 6.45) is 0. The maximum atomic E-state index is 10.1. The van der Waals surface area contributed by atoms with Gasteiger partial charge in [-0.15, -0.1) is 0 Å². The molecule has 0 spiro atoms. The Labute approximate surface area is 75.3 Å². The Morgan fingerprint density at radius 1 is 1.25 bits per heavy atom. The Morgan fingerprint density at radius 3 is 2.25 bits per heavy atom. The van der Waals surface area contributed by atoms with E-state index in [0.717, 1.165) is 5.69 Å². The fourth-order valence-corrected chi connectivity index (χ4v) is 1.06. The van der Waals surface area contributed by atoms with Gasteiger partial charge in [-0.2, -0.15) is 8.57 Å². The van der Waals surface area contributed by atoms with Crippen molar-refractivity contribution in [1.82, 2.24) is 0 Å². The highest BCUT2D eigenvalue weighted by Gasteiger charge is 1.93. The Morgan fingerprint density at radius 2 is 1.83 bits per heavy atom. The summed E-state index contributed by atoms with van der Waals surface area (Å²) in [6.45, 7) is 0. The van der Waals surface area contributed by atoms with E-state index in [9.17, 15) is 4.21 Å². The molecule has 0 aromatic heterocycles. The Hall–Kier alpha value is -1.16. The van der Waals surface area contributed by atoms with Gasteiger partial charge in [-0.1, -0.05) is 0 Å². The Bertz CT molecular complexity index is 301. The van der Waals surface area contributed by atoms with Crippen molar-refractivity contribution in [3.05, 3.63) is 24.3 Å². The molecule has 1 aromatic carbocycles. The highest BCUT2D eigenvalue weighted by Crippen LogP contribution is 2.17. The summed E-state index contributed by atoms with van der Waals surface area (Å²) in [7, 11) is 3.93. The van der Waals surface area contributed by atoms with E-state index in [0.29, 0.717) is 5.69 Å². The van der Waals surface area contributed by atoms with Gasteiger partial charge in [0.2, 0.25) is 11.5 Å². The molecular weight excluding hydrogens is 172 g/mol. The van der Waals surface area contributed by atoms with Gasteiger partial charge in [-0.25, -0.2) is 0 Å². The van der Waals surface area contributed by atoms with Gasteiger partial charge in [0.25, 0.3) is 0 Å². The lowest BCUT2D eigenvalue weighted by Crippen LogP contribution is -2.07. The first-order chi connectivity index (χ1) is 5.74. The lowest BCUT2D eigenvalue weighted by Gasteiger charge is -2.11. The van der Waals surface area contributed by atoms with Crippen LogP contribution in [0.1, 0.15) is 0 Å². The summed E-state index contributed by atoms with van der Waals surface area (Å²) in [6, 6.07) is 7.49. The topological polar surface area (TPSA) is 32.7 Å². The van der Waals surface area contributed by atoms with Gasteiger partial charge in [-0.3, -0.25) is 0 Å². The molecule has 0 unspecified atom stereocenters. The molecular formula is C8H10N2OS. The molecule has 0 saturated heterocycles. The molecule has 0 atom stereocenters. The fourth-order valence-electron chi connectivity index (χ4n) is 0.855. The van der Waals surface area contributed by atoms with Crippen molar-refractivity contribution < 1.29 is 4.21 Å². The van der Waals surface area contributed by atoms with Crippen LogP contribution in [0.4, 0.5) is 11.4 Å². The summed E-state index contributed by atoms with van der Waals surface area (Å²) in [5, 5.41) is 0. The first kappa shape index (κ1) is 8.93. The molecule has 1 aromatic rings. The van der Waals surface area contributed by atoms with Crippen molar-refractivity contribution in [2.45, 2.75) is 0 Å². The summed E-state index contributed by atoms with van der Waals surface area (Å²) in [5.41, 5.74) is 1.81. The van der Waals surface area contributed by atoms with E-state index in [4.69, 9.17) is 0 Å². The predicted molar refractivity (Wildman–Crippen MR) is 51.0 cm³/mol. The quantitative estimate of drug-likeness (QED) is 0.698. The van der Waals surface area contributed by atoms with Crippen LogP contribution >= 0.6 is 0 Å². The van der Waals surface area contributed by atoms with Gasteiger partial charge >= 0.3 is 0 Å². The van der Waals surface area contributed by atoms with Crippen molar-refractivity contribution >= 4 is 22.8 Å². The number of hydrogen-bond acceptors (Lipinski definition) is 3. The van der Waals surface area contributed by atoms with Gasteiger partial charge in [-0.05, 0) is 24.3 Å². The molecule has 0 aliphatic rings. The second-order valence-electron chi connectivity index (χ2n) is 2.58. The van der Waals surface area contributed by atoms with E-state index in [-0.39, 0.29) is 11.5 Å². The summed E-state index contributed by atoms with van der Waals surface area (Å²) in [4.78, 5) is 1.99. The average Bonchev–Trinajstić information content (AvgIpc) is 2.06. The SMILES string of the molecule is CN(C)c1ccc(N=S=O)cc1. The van der Waals surface area contributed by atoms with Gasteiger partial charge in [0.1, 0.15) is 0 Å². The van der Waals surface area contributed by atoms with E-state index < -0.39 is 0 Å². The molecule has 0 heterocycles. The standard InChI is InChI=1S/C8H10N2OS/c1-10(2)8-5-3-7(4-6-8)9-12-11/h3-6H,1-2H3. The molecule has 64 valence electrons. The summed E-state index contributed by atoms with van der Waals surface area (Å²) >= 11 is 0.230. The maximum absolute atomic E-state index is 10.1. The third kappa shape index (κ3) is 2.17. The smallest absolute Gasteiger partial charge is 0.205 e. The van der Waals surface area contributed by atoms with Crippen LogP contribution < -0.4 is 4.90 Å². The number of anilines is 1. The zero-order chi connectivity index (χ0) is 8.97. The van der Waals surface area contributed by atoms with E-state index >= 15 is 0 Å². The van der Waals surface area contributed by atoms with Gasteiger partial charge < -0.3 is 4.90 Å². The highest BCUT2D eigenvalue weighted by molar-refractivity contribution is 7.54. The number of nitrogens with zero attached hydrogens (tertiary/aromatic N) is 2. The first-order valence-electron chi connectivity index (χ1n) is 3.51. The summed E-state index contributed by atoms with van der Waals surface area (Å²) in [5.74, 6) is 0. The minimum atomic E-state index is 0.230. The fraction of sp³-hybridized carbons (Fsp3) is 0.250. The monoisotopic (exact) mass is 182 g/mol. The molecule has 0 aliphatic heterocycles. The number of hydrogen-bond donors (Lipinski definition) is 0. The minimum Gasteiger partial charge on any atom is -0.378 e. The number of benzene rings is 1. The first-order valence-corrected chi connectivity index (χ1v) is 4.21. The van der Waals surface area contributed by atoms with Crippen molar-refractivity contribution in [3.8, 4) is 0 Å². The zero-order valence-corrected chi connectivity index (χ0v) is 7.84. The molecule has 1 rings (SSSR count). The predicted octanol–water partition coefficient (Wildman–Crippen LogP) is 1.78. The molecule has 4 heteroatoms. The summed E-state index contributed by atoms with van der Waals surface area (Å²) < 4.78 is 13.7. The van der Waals surface area contributed by atoms with Crippen molar-refractivity contribution in [2.24, 2.45) is 4.36 Å². The molecule has 3 nitrogen and oxygen atoms in total. The van der Waals surface area contributed by atoms with Crippen LogP contribution in [0.2, 0.25) is 0 Å². The molecule has 0 N–H and O–H groups in total. The third-order valence-electron chi connectivity index (χ3n) is 1.51. The van der Waals surface area contributed by atoms with Crippen LogP contribution in [-0.2, 0) is 11.5 Å². The largest absolute Gasteiger partial charge is 0.378 e. The molecule has 0 aliphatic carbocycles. The van der Waals surface area contributed by atoms with Crippen LogP contribution in [-0.4, -0.2) is 18.3 Å². The van der Waals surface area contributed by atoms with E-state index in [2.05, 4.69) is 4.36 Å². The van der Waals surface area contributed by atoms with Crippen molar-refractivity contribution in [3.63, 3.8) is 0 Å². The minimum absolute atomic E-state index is 0.230. The van der Waals surface area contributed by atoms with E-state index in [1.54, 1.807) is 0 Å². The maximum Gasteiger partial charge on any atom is 0.205 e. The second kappa shape index (κ2) is 4.01. The highest BCUT2D eigenvalue weighted by atomic mass is 32.1. The molecule has 0 saturated carbocycles. The molecule has 12 heavy (non-hydrogen) atoms. The molecule has 0 radical (unpaired) electrons. The van der Waals surface area contributed by atoms with Crippen LogP contribution in [0.5, 0.6) is 0 Å². The molecule has 0 fully saturated rings. The van der Waals surface area contributed by atoms with E-state index in [1.165, 1.54) is 0 Å². The normalized spacial score (nSPS) is 9.17. The second-order valence-corrected chi connectivity index (χ2v) is 2.91. The molecule has 0 amide bonds. The van der Waals surface area contributed by atoms with Crippen LogP contribution in [0, 0.1) is 0 Å². The van der Waals surface area contributed by atoms with Crippen molar-refractivity contribution in [1.29, 1.82) is 0 Å². The third-order valence-corrected chi connectivity index (χ3v) is 1.79. The van der Waals surface area contributed by atoms with Gasteiger partial charge in [0.05, 0.1) is 5.69 Å². The van der Waals surface area contributed by atoms with Crippen LogP contribution in [0.25, 0.3) is 0 Å². The van der Waals surface area contributed by atoms with Crippen molar-refractivity contribution in [2.75, 3.05) is 19.0 Å².